The van der Waals surface area contributed by atoms with Crippen LogP contribution in [0, 0.1) is 5.82 Å². The maximum Gasteiger partial charge on any atom is 0.237 e. The van der Waals surface area contributed by atoms with E-state index >= 15 is 0 Å². The topological polar surface area (TPSA) is 32.3 Å². The van der Waals surface area contributed by atoms with Crippen molar-refractivity contribution in [2.24, 2.45) is 0 Å². The Morgan fingerprint density at radius 3 is 2.58 bits per heavy atom. The summed E-state index contributed by atoms with van der Waals surface area (Å²) in [6, 6.07) is 6.86. The molecule has 19 heavy (non-hydrogen) atoms. The lowest BCUT2D eigenvalue weighted by Crippen LogP contribution is -2.40. The van der Waals surface area contributed by atoms with Crippen molar-refractivity contribution in [1.29, 1.82) is 0 Å². The van der Waals surface area contributed by atoms with Gasteiger partial charge in [0.05, 0.1) is 12.6 Å². The van der Waals surface area contributed by atoms with Gasteiger partial charge in [-0.25, -0.2) is 4.39 Å². The second-order valence-electron chi connectivity index (χ2n) is 5.06. The number of carbonyl (C=O) groups excluding carboxylic acids is 1. The van der Waals surface area contributed by atoms with Crippen LogP contribution in [0.5, 0.6) is 0 Å². The van der Waals surface area contributed by atoms with Gasteiger partial charge < -0.3 is 10.2 Å². The van der Waals surface area contributed by atoms with Crippen molar-refractivity contribution in [3.05, 3.63) is 35.6 Å². The van der Waals surface area contributed by atoms with E-state index in [1.165, 1.54) is 25.0 Å². The van der Waals surface area contributed by atoms with E-state index < -0.39 is 0 Å². The fourth-order valence-electron chi connectivity index (χ4n) is 2.21. The number of hydrogen-bond donors (Lipinski definition) is 1. The van der Waals surface area contributed by atoms with Crippen LogP contribution in [0.1, 0.15) is 38.3 Å². The van der Waals surface area contributed by atoms with Crippen LogP contribution >= 0.6 is 0 Å². The molecule has 1 aromatic carbocycles. The molecular weight excluding hydrogens is 243 g/mol. The van der Waals surface area contributed by atoms with Gasteiger partial charge in [-0.1, -0.05) is 12.1 Å². The minimum atomic E-state index is -0.249. The van der Waals surface area contributed by atoms with E-state index in [4.69, 9.17) is 0 Å². The smallest absolute Gasteiger partial charge is 0.237 e. The molecule has 0 aromatic heterocycles. The SMILES string of the molecule is CCN(C(=O)CNC1CC1)C(C)c1ccc(F)cc1. The molecule has 1 amide bonds. The zero-order valence-corrected chi connectivity index (χ0v) is 11.5. The first-order valence-corrected chi connectivity index (χ1v) is 6.90. The summed E-state index contributed by atoms with van der Waals surface area (Å²) in [4.78, 5) is 14.0. The molecule has 0 saturated heterocycles. The van der Waals surface area contributed by atoms with Crippen LogP contribution in [0.15, 0.2) is 24.3 Å². The highest BCUT2D eigenvalue weighted by molar-refractivity contribution is 5.78. The summed E-state index contributed by atoms with van der Waals surface area (Å²) >= 11 is 0. The van der Waals surface area contributed by atoms with Gasteiger partial charge in [0.1, 0.15) is 5.82 Å². The van der Waals surface area contributed by atoms with Gasteiger partial charge >= 0.3 is 0 Å². The lowest BCUT2D eigenvalue weighted by atomic mass is 10.1. The van der Waals surface area contributed by atoms with Crippen molar-refractivity contribution < 1.29 is 9.18 Å². The van der Waals surface area contributed by atoms with Crippen molar-refractivity contribution in [3.8, 4) is 0 Å². The minimum absolute atomic E-state index is 0.0286. The Morgan fingerprint density at radius 2 is 2.05 bits per heavy atom. The number of nitrogens with zero attached hydrogens (tertiary/aromatic N) is 1. The van der Waals surface area contributed by atoms with Crippen LogP contribution in [-0.4, -0.2) is 29.9 Å². The second kappa shape index (κ2) is 6.15. The van der Waals surface area contributed by atoms with Gasteiger partial charge in [-0.3, -0.25) is 4.79 Å². The Balaban J connectivity index is 1.98. The van der Waals surface area contributed by atoms with Crippen molar-refractivity contribution in [3.63, 3.8) is 0 Å². The zero-order chi connectivity index (χ0) is 13.8. The molecule has 3 nitrogen and oxygen atoms in total. The minimum Gasteiger partial charge on any atom is -0.335 e. The van der Waals surface area contributed by atoms with Crippen LogP contribution in [0.4, 0.5) is 4.39 Å². The highest BCUT2D eigenvalue weighted by Crippen LogP contribution is 2.21. The molecule has 2 rings (SSSR count). The van der Waals surface area contributed by atoms with Crippen molar-refractivity contribution in [1.82, 2.24) is 10.2 Å². The highest BCUT2D eigenvalue weighted by Gasteiger charge is 2.24. The van der Waals surface area contributed by atoms with Crippen LogP contribution < -0.4 is 5.32 Å². The predicted octanol–water partition coefficient (Wildman–Crippen LogP) is 2.49. The summed E-state index contributed by atoms with van der Waals surface area (Å²) in [6.45, 7) is 4.99. The summed E-state index contributed by atoms with van der Waals surface area (Å²) in [5.41, 5.74) is 0.961. The van der Waals surface area contributed by atoms with E-state index in [2.05, 4.69) is 5.32 Å². The molecule has 1 atom stereocenters. The second-order valence-corrected chi connectivity index (χ2v) is 5.06. The third-order valence-corrected chi connectivity index (χ3v) is 3.60. The Morgan fingerprint density at radius 1 is 1.42 bits per heavy atom. The molecule has 0 aliphatic heterocycles. The summed E-state index contributed by atoms with van der Waals surface area (Å²) < 4.78 is 12.9. The van der Waals surface area contributed by atoms with Crippen LogP contribution in [0.25, 0.3) is 0 Å². The fourth-order valence-corrected chi connectivity index (χ4v) is 2.21. The van der Waals surface area contributed by atoms with Crippen molar-refractivity contribution in [2.45, 2.75) is 38.8 Å². The average Bonchev–Trinajstić information content (AvgIpc) is 3.22. The number of benzene rings is 1. The van der Waals surface area contributed by atoms with Crippen LogP contribution in [-0.2, 0) is 4.79 Å². The first-order valence-electron chi connectivity index (χ1n) is 6.90. The molecule has 0 spiro atoms. The highest BCUT2D eigenvalue weighted by atomic mass is 19.1. The standard InChI is InChI=1S/C15H21FN2O/c1-3-18(15(19)10-17-14-8-9-14)11(2)12-4-6-13(16)7-5-12/h4-7,11,14,17H,3,8-10H2,1-2H3. The first-order chi connectivity index (χ1) is 9.11. The zero-order valence-electron chi connectivity index (χ0n) is 11.5. The van der Waals surface area contributed by atoms with Crippen LogP contribution in [0.2, 0.25) is 0 Å². The molecule has 1 unspecified atom stereocenters. The van der Waals surface area contributed by atoms with E-state index in [-0.39, 0.29) is 17.8 Å². The van der Waals surface area contributed by atoms with Gasteiger partial charge in [0.25, 0.3) is 0 Å². The average molecular weight is 264 g/mol. The Labute approximate surface area is 113 Å². The lowest BCUT2D eigenvalue weighted by molar-refractivity contribution is -0.132. The quantitative estimate of drug-likeness (QED) is 0.856. The molecule has 1 N–H and O–H groups in total. The van der Waals surface area contributed by atoms with Crippen LogP contribution in [0.3, 0.4) is 0 Å². The molecule has 1 saturated carbocycles. The molecule has 1 aliphatic carbocycles. The summed E-state index contributed by atoms with van der Waals surface area (Å²) in [7, 11) is 0. The number of hydrogen-bond acceptors (Lipinski definition) is 2. The van der Waals surface area contributed by atoms with E-state index in [1.54, 1.807) is 12.1 Å². The molecule has 1 aromatic rings. The number of likely N-dealkylation sites (N-methyl/N-ethyl adjacent to an activating group) is 1. The molecule has 4 heteroatoms. The fraction of sp³-hybridized carbons (Fsp3) is 0.533. The van der Waals surface area contributed by atoms with Crippen molar-refractivity contribution >= 4 is 5.91 Å². The van der Waals surface area contributed by atoms with E-state index in [9.17, 15) is 9.18 Å². The number of nitrogens with one attached hydrogen (secondary N) is 1. The van der Waals surface area contributed by atoms with Crippen molar-refractivity contribution in [2.75, 3.05) is 13.1 Å². The molecule has 0 heterocycles. The third-order valence-electron chi connectivity index (χ3n) is 3.60. The number of rotatable bonds is 6. The number of amides is 1. The van der Waals surface area contributed by atoms with Gasteiger partial charge in [0.2, 0.25) is 5.91 Å². The van der Waals surface area contributed by atoms with Gasteiger partial charge in [0.15, 0.2) is 0 Å². The molecule has 1 aliphatic rings. The molecule has 0 radical (unpaired) electrons. The number of halogens is 1. The van der Waals surface area contributed by atoms with Gasteiger partial charge in [-0.15, -0.1) is 0 Å². The third kappa shape index (κ3) is 3.77. The van der Waals surface area contributed by atoms with Gasteiger partial charge in [-0.05, 0) is 44.4 Å². The summed E-state index contributed by atoms with van der Waals surface area (Å²) in [5.74, 6) is -0.146. The molecule has 1 fully saturated rings. The lowest BCUT2D eigenvalue weighted by Gasteiger charge is -2.28. The van der Waals surface area contributed by atoms with E-state index in [0.717, 1.165) is 5.56 Å². The van der Waals surface area contributed by atoms with Gasteiger partial charge in [-0.2, -0.15) is 0 Å². The summed E-state index contributed by atoms with van der Waals surface area (Å²) in [5, 5.41) is 3.24. The maximum atomic E-state index is 12.9. The summed E-state index contributed by atoms with van der Waals surface area (Å²) in [6.07, 6.45) is 2.35. The normalized spacial score (nSPS) is 16.2. The maximum absolute atomic E-state index is 12.9. The molecule has 0 bridgehead atoms. The monoisotopic (exact) mass is 264 g/mol. The molecular formula is C15H21FN2O. The van der Waals surface area contributed by atoms with E-state index in [1.807, 2.05) is 18.7 Å². The Kier molecular flexibility index (Phi) is 4.53. The van der Waals surface area contributed by atoms with Gasteiger partial charge in [0, 0.05) is 12.6 Å². The van der Waals surface area contributed by atoms with E-state index in [0.29, 0.717) is 19.1 Å². The first kappa shape index (κ1) is 14.0. The Bertz CT molecular complexity index is 428. The largest absolute Gasteiger partial charge is 0.335 e. The number of carbonyl (C=O) groups is 1. The molecule has 104 valence electrons. The predicted molar refractivity (Wildman–Crippen MR) is 73.2 cm³/mol. The Hall–Kier alpha value is -1.42.